The number of hydrogen-bond donors (Lipinski definition) is 2. The summed E-state index contributed by atoms with van der Waals surface area (Å²) in [4.78, 5) is 21.9. The molecule has 2 N–H and O–H groups in total. The highest BCUT2D eigenvalue weighted by molar-refractivity contribution is 5.75. The van der Waals surface area contributed by atoms with Gasteiger partial charge in [-0.2, -0.15) is 0 Å². The number of aliphatic carboxylic acids is 1. The van der Waals surface area contributed by atoms with E-state index in [0.29, 0.717) is 19.4 Å². The van der Waals surface area contributed by atoms with Crippen molar-refractivity contribution in [2.75, 3.05) is 6.54 Å². The lowest BCUT2D eigenvalue weighted by Gasteiger charge is -2.05. The second-order valence-corrected chi connectivity index (χ2v) is 5.50. The van der Waals surface area contributed by atoms with Crippen molar-refractivity contribution in [3.05, 3.63) is 12.7 Å². The molecule has 0 aromatic carbocycles. The Labute approximate surface area is 129 Å². The number of hydrogen-bond acceptors (Lipinski definition) is 2. The molecular formula is C17H31NO3. The Balaban J connectivity index is 3.20. The molecular weight excluding hydrogens is 266 g/mol. The molecule has 0 aliphatic heterocycles. The van der Waals surface area contributed by atoms with Crippen LogP contribution in [0, 0.1) is 0 Å². The van der Waals surface area contributed by atoms with Gasteiger partial charge < -0.3 is 10.4 Å². The lowest BCUT2D eigenvalue weighted by molar-refractivity contribution is -0.137. The van der Waals surface area contributed by atoms with Gasteiger partial charge in [0.25, 0.3) is 0 Å². The third kappa shape index (κ3) is 16.6. The maximum absolute atomic E-state index is 11.5. The van der Waals surface area contributed by atoms with Gasteiger partial charge in [-0.3, -0.25) is 9.59 Å². The van der Waals surface area contributed by atoms with Crippen molar-refractivity contribution in [2.45, 2.75) is 77.0 Å². The first-order valence-electron chi connectivity index (χ1n) is 8.26. The van der Waals surface area contributed by atoms with Crippen molar-refractivity contribution in [1.82, 2.24) is 5.32 Å². The molecule has 0 aliphatic rings. The molecule has 0 bridgehead atoms. The van der Waals surface area contributed by atoms with Gasteiger partial charge in [-0.05, 0) is 32.1 Å². The number of amides is 1. The SMILES string of the molecule is C=CCCCCCCCCC(=O)NCCCCCC(=O)O. The van der Waals surface area contributed by atoms with Crippen molar-refractivity contribution in [1.29, 1.82) is 0 Å². The van der Waals surface area contributed by atoms with E-state index in [4.69, 9.17) is 5.11 Å². The third-order valence-electron chi connectivity index (χ3n) is 3.45. The van der Waals surface area contributed by atoms with Crippen molar-refractivity contribution in [2.24, 2.45) is 0 Å². The average molecular weight is 297 g/mol. The number of carboxylic acids is 1. The summed E-state index contributed by atoms with van der Waals surface area (Å²) < 4.78 is 0. The molecule has 0 atom stereocenters. The van der Waals surface area contributed by atoms with E-state index in [-0.39, 0.29) is 12.3 Å². The van der Waals surface area contributed by atoms with Gasteiger partial charge in [-0.25, -0.2) is 0 Å². The number of rotatable bonds is 15. The van der Waals surface area contributed by atoms with Crippen molar-refractivity contribution < 1.29 is 14.7 Å². The van der Waals surface area contributed by atoms with Gasteiger partial charge in [-0.15, -0.1) is 6.58 Å². The molecule has 4 heteroatoms. The van der Waals surface area contributed by atoms with Crippen LogP contribution in [0.1, 0.15) is 77.0 Å². The zero-order valence-electron chi connectivity index (χ0n) is 13.2. The second kappa shape index (κ2) is 15.1. The average Bonchev–Trinajstić information content (AvgIpc) is 2.45. The van der Waals surface area contributed by atoms with Gasteiger partial charge in [0.2, 0.25) is 5.91 Å². The predicted molar refractivity (Wildman–Crippen MR) is 86.2 cm³/mol. The summed E-state index contributed by atoms with van der Waals surface area (Å²) in [5.74, 6) is -0.622. The van der Waals surface area contributed by atoms with E-state index in [1.807, 2.05) is 6.08 Å². The Hall–Kier alpha value is -1.32. The van der Waals surface area contributed by atoms with E-state index in [0.717, 1.165) is 32.1 Å². The van der Waals surface area contributed by atoms with E-state index in [1.54, 1.807) is 0 Å². The molecule has 0 fully saturated rings. The van der Waals surface area contributed by atoms with Gasteiger partial charge in [0, 0.05) is 19.4 Å². The van der Waals surface area contributed by atoms with Gasteiger partial charge in [0.15, 0.2) is 0 Å². The molecule has 4 nitrogen and oxygen atoms in total. The molecule has 0 spiro atoms. The van der Waals surface area contributed by atoms with E-state index < -0.39 is 5.97 Å². The normalized spacial score (nSPS) is 10.3. The molecule has 0 saturated heterocycles. The maximum Gasteiger partial charge on any atom is 0.303 e. The molecule has 0 unspecified atom stereocenters. The number of carbonyl (C=O) groups excluding carboxylic acids is 1. The molecule has 0 rings (SSSR count). The molecule has 0 radical (unpaired) electrons. The second-order valence-electron chi connectivity index (χ2n) is 5.50. The quantitative estimate of drug-likeness (QED) is 0.354. The summed E-state index contributed by atoms with van der Waals surface area (Å²) in [7, 11) is 0. The lowest BCUT2D eigenvalue weighted by Crippen LogP contribution is -2.23. The molecule has 1 amide bonds. The van der Waals surface area contributed by atoms with Crippen LogP contribution in [0.15, 0.2) is 12.7 Å². The van der Waals surface area contributed by atoms with E-state index in [1.165, 1.54) is 25.7 Å². The molecule has 0 saturated carbocycles. The maximum atomic E-state index is 11.5. The summed E-state index contributed by atoms with van der Waals surface area (Å²) in [5.41, 5.74) is 0. The van der Waals surface area contributed by atoms with Crippen molar-refractivity contribution >= 4 is 11.9 Å². The first kappa shape index (κ1) is 19.7. The highest BCUT2D eigenvalue weighted by Gasteiger charge is 2.01. The molecule has 0 aromatic rings. The highest BCUT2D eigenvalue weighted by atomic mass is 16.4. The largest absolute Gasteiger partial charge is 0.481 e. The first-order chi connectivity index (χ1) is 10.2. The number of carboxylic acid groups (broad SMARTS) is 1. The predicted octanol–water partition coefficient (Wildman–Crippen LogP) is 4.05. The van der Waals surface area contributed by atoms with Gasteiger partial charge in [-0.1, -0.05) is 38.2 Å². The van der Waals surface area contributed by atoms with E-state index in [2.05, 4.69) is 11.9 Å². The standard InChI is InChI=1S/C17H31NO3/c1-2-3-4-5-6-7-8-10-13-16(19)18-15-12-9-11-14-17(20)21/h2H,1,3-15H2,(H,18,19)(H,20,21). The molecule has 0 aromatic heterocycles. The van der Waals surface area contributed by atoms with Gasteiger partial charge in [0.1, 0.15) is 0 Å². The Morgan fingerprint density at radius 3 is 2.10 bits per heavy atom. The van der Waals surface area contributed by atoms with E-state index in [9.17, 15) is 9.59 Å². The molecule has 0 aliphatic carbocycles. The van der Waals surface area contributed by atoms with Gasteiger partial charge in [0.05, 0.1) is 0 Å². The van der Waals surface area contributed by atoms with Crippen LogP contribution in [0.25, 0.3) is 0 Å². The molecule has 21 heavy (non-hydrogen) atoms. The van der Waals surface area contributed by atoms with Crippen LogP contribution in [0.3, 0.4) is 0 Å². The Bertz CT molecular complexity index is 290. The number of carbonyl (C=O) groups is 2. The van der Waals surface area contributed by atoms with Crippen LogP contribution < -0.4 is 5.32 Å². The fraction of sp³-hybridized carbons (Fsp3) is 0.765. The van der Waals surface area contributed by atoms with Crippen LogP contribution in [-0.4, -0.2) is 23.5 Å². The molecule has 122 valence electrons. The zero-order chi connectivity index (χ0) is 15.8. The Morgan fingerprint density at radius 1 is 0.857 bits per heavy atom. The summed E-state index contributed by atoms with van der Waals surface area (Å²) in [6.45, 7) is 4.37. The smallest absolute Gasteiger partial charge is 0.303 e. The van der Waals surface area contributed by atoms with Crippen LogP contribution in [0.4, 0.5) is 0 Å². The summed E-state index contributed by atoms with van der Waals surface area (Å²) in [6.07, 6.45) is 13.4. The van der Waals surface area contributed by atoms with E-state index >= 15 is 0 Å². The zero-order valence-corrected chi connectivity index (χ0v) is 13.2. The Kier molecular flexibility index (Phi) is 14.1. The molecule has 0 heterocycles. The monoisotopic (exact) mass is 297 g/mol. The van der Waals surface area contributed by atoms with Crippen molar-refractivity contribution in [3.8, 4) is 0 Å². The Morgan fingerprint density at radius 2 is 1.43 bits per heavy atom. The number of nitrogens with one attached hydrogen (secondary N) is 1. The first-order valence-corrected chi connectivity index (χ1v) is 8.26. The lowest BCUT2D eigenvalue weighted by atomic mass is 10.1. The van der Waals surface area contributed by atoms with Crippen LogP contribution in [0.5, 0.6) is 0 Å². The number of allylic oxidation sites excluding steroid dienone is 1. The topological polar surface area (TPSA) is 66.4 Å². The van der Waals surface area contributed by atoms with Gasteiger partial charge >= 0.3 is 5.97 Å². The fourth-order valence-electron chi connectivity index (χ4n) is 2.18. The summed E-state index contributed by atoms with van der Waals surface area (Å²) in [6, 6.07) is 0. The van der Waals surface area contributed by atoms with Crippen LogP contribution in [-0.2, 0) is 9.59 Å². The third-order valence-corrected chi connectivity index (χ3v) is 3.45. The minimum Gasteiger partial charge on any atom is -0.481 e. The summed E-state index contributed by atoms with van der Waals surface area (Å²) >= 11 is 0. The highest BCUT2D eigenvalue weighted by Crippen LogP contribution is 2.08. The summed E-state index contributed by atoms with van der Waals surface area (Å²) in [5, 5.41) is 11.4. The van der Waals surface area contributed by atoms with Crippen LogP contribution in [0.2, 0.25) is 0 Å². The minimum absolute atomic E-state index is 0.125. The number of unbranched alkanes of at least 4 members (excludes halogenated alkanes) is 8. The fourth-order valence-corrected chi connectivity index (χ4v) is 2.18. The van der Waals surface area contributed by atoms with Crippen molar-refractivity contribution in [3.63, 3.8) is 0 Å². The minimum atomic E-state index is -0.747. The van der Waals surface area contributed by atoms with Crippen LogP contribution >= 0.6 is 0 Å².